The van der Waals surface area contributed by atoms with E-state index < -0.39 is 17.5 Å². The van der Waals surface area contributed by atoms with Gasteiger partial charge < -0.3 is 4.98 Å². The number of anilines is 1. The zero-order valence-corrected chi connectivity index (χ0v) is 11.7. The van der Waals surface area contributed by atoms with Gasteiger partial charge in [-0.3, -0.25) is 10.6 Å². The van der Waals surface area contributed by atoms with Gasteiger partial charge in [-0.1, -0.05) is 11.6 Å². The van der Waals surface area contributed by atoms with E-state index in [0.717, 1.165) is 18.2 Å². The largest absolute Gasteiger partial charge is 0.345 e. The Morgan fingerprint density at radius 3 is 2.68 bits per heavy atom. The third kappa shape index (κ3) is 2.30. The molecule has 0 saturated carbocycles. The summed E-state index contributed by atoms with van der Waals surface area (Å²) >= 11 is 5.64. The predicted molar refractivity (Wildman–Crippen MR) is 78.6 cm³/mol. The van der Waals surface area contributed by atoms with Crippen LogP contribution in [-0.4, -0.2) is 21.0 Å². The fourth-order valence-electron chi connectivity index (χ4n) is 2.06. The molecule has 0 aliphatic rings. The molecule has 2 aromatic carbocycles. The van der Waals surface area contributed by atoms with Crippen molar-refractivity contribution >= 4 is 34.2 Å². The van der Waals surface area contributed by atoms with Gasteiger partial charge in [0.25, 0.3) is 0 Å². The number of fused-ring (bicyclic) bond motifs is 1. The average molecular weight is 323 g/mol. The van der Waals surface area contributed by atoms with Crippen LogP contribution < -0.4 is 5.06 Å². The Kier molecular flexibility index (Phi) is 3.51. The number of nitrogens with one attached hydrogen (secondary N) is 2. The van der Waals surface area contributed by atoms with Crippen molar-refractivity contribution in [2.45, 2.75) is 0 Å². The molecule has 3 rings (SSSR count). The molecule has 1 heterocycles. The molecule has 1 aromatic heterocycles. The predicted octanol–water partition coefficient (Wildman–Crippen LogP) is 3.72. The number of hydroxylamine groups is 1. The molecule has 5 nitrogen and oxygen atoms in total. The molecule has 0 radical (unpaired) electrons. The summed E-state index contributed by atoms with van der Waals surface area (Å²) in [6.07, 6.45) is 1.36. The third-order valence-electron chi connectivity index (χ3n) is 3.14. The molecule has 0 bridgehead atoms. The molecule has 0 aliphatic heterocycles. The fourth-order valence-corrected chi connectivity index (χ4v) is 2.24. The summed E-state index contributed by atoms with van der Waals surface area (Å²) < 4.78 is 27.2. The molecule has 3 aromatic rings. The minimum atomic E-state index is -0.711. The van der Waals surface area contributed by atoms with Crippen LogP contribution in [0.25, 0.3) is 11.0 Å². The van der Waals surface area contributed by atoms with E-state index in [0.29, 0.717) is 10.6 Å². The molecule has 0 unspecified atom stereocenters. The number of nitrogens with zero attached hydrogens (tertiary/aromatic N) is 2. The summed E-state index contributed by atoms with van der Waals surface area (Å²) in [6.45, 7) is 0. The Morgan fingerprint density at radius 2 is 1.95 bits per heavy atom. The topological polar surface area (TPSA) is 76.0 Å². The average Bonchev–Trinajstić information content (AvgIpc) is 2.97. The SMILES string of the molecule is N=C(c1c(F)ccc2[nH]cnc12)N(O)c1ccc(F)c(Cl)c1. The number of benzene rings is 2. The van der Waals surface area contributed by atoms with E-state index in [4.69, 9.17) is 17.0 Å². The number of rotatable bonds is 2. The van der Waals surface area contributed by atoms with E-state index in [1.807, 2.05) is 0 Å². The van der Waals surface area contributed by atoms with Crippen molar-refractivity contribution < 1.29 is 14.0 Å². The number of hydrogen-bond acceptors (Lipinski definition) is 3. The fraction of sp³-hybridized carbons (Fsp3) is 0. The summed E-state index contributed by atoms with van der Waals surface area (Å²) in [5.74, 6) is -1.92. The van der Waals surface area contributed by atoms with Gasteiger partial charge in [-0.25, -0.2) is 18.8 Å². The Labute approximate surface area is 128 Å². The maximum atomic E-state index is 14.0. The highest BCUT2D eigenvalue weighted by atomic mass is 35.5. The van der Waals surface area contributed by atoms with Gasteiger partial charge in [-0.2, -0.15) is 0 Å². The quantitative estimate of drug-likeness (QED) is 0.382. The summed E-state index contributed by atoms with van der Waals surface area (Å²) in [7, 11) is 0. The summed E-state index contributed by atoms with van der Waals surface area (Å²) in [5.41, 5.74) is 0.578. The van der Waals surface area contributed by atoms with Gasteiger partial charge in [0.2, 0.25) is 0 Å². The second-order valence-corrected chi connectivity index (χ2v) is 4.89. The van der Waals surface area contributed by atoms with Gasteiger partial charge >= 0.3 is 0 Å². The molecule has 0 amide bonds. The number of H-pyrrole nitrogens is 1. The molecule has 0 aliphatic carbocycles. The molecular formula is C14H9ClF2N4O. The molecule has 8 heteroatoms. The monoisotopic (exact) mass is 322 g/mol. The highest BCUT2D eigenvalue weighted by Crippen LogP contribution is 2.25. The summed E-state index contributed by atoms with van der Waals surface area (Å²) in [6, 6.07) is 6.03. The van der Waals surface area contributed by atoms with Gasteiger partial charge in [-0.15, -0.1) is 0 Å². The Bertz CT molecular complexity index is 880. The van der Waals surface area contributed by atoms with Gasteiger partial charge in [0.05, 0.1) is 28.1 Å². The molecule has 0 saturated heterocycles. The molecule has 112 valence electrons. The first-order valence-electron chi connectivity index (χ1n) is 6.13. The number of aromatic nitrogens is 2. The first-order chi connectivity index (χ1) is 10.5. The zero-order valence-electron chi connectivity index (χ0n) is 10.9. The van der Waals surface area contributed by atoms with Crippen molar-refractivity contribution in [3.8, 4) is 0 Å². The van der Waals surface area contributed by atoms with E-state index in [2.05, 4.69) is 9.97 Å². The lowest BCUT2D eigenvalue weighted by atomic mass is 10.1. The molecule has 0 atom stereocenters. The normalized spacial score (nSPS) is 10.9. The van der Waals surface area contributed by atoms with E-state index >= 15 is 0 Å². The van der Waals surface area contributed by atoms with Crippen LogP contribution in [0.1, 0.15) is 5.56 Å². The number of hydrogen-bond donors (Lipinski definition) is 3. The number of amidine groups is 1. The van der Waals surface area contributed by atoms with E-state index in [1.54, 1.807) is 0 Å². The molecule has 0 spiro atoms. The highest BCUT2D eigenvalue weighted by Gasteiger charge is 2.20. The molecule has 3 N–H and O–H groups in total. The van der Waals surface area contributed by atoms with Crippen molar-refractivity contribution in [1.82, 2.24) is 9.97 Å². The Morgan fingerprint density at radius 1 is 1.23 bits per heavy atom. The molecule has 22 heavy (non-hydrogen) atoms. The van der Waals surface area contributed by atoms with E-state index in [-0.39, 0.29) is 21.8 Å². The van der Waals surface area contributed by atoms with Crippen LogP contribution in [0.4, 0.5) is 14.5 Å². The number of imidazole rings is 1. The van der Waals surface area contributed by atoms with Crippen molar-refractivity contribution in [2.24, 2.45) is 0 Å². The van der Waals surface area contributed by atoms with Crippen LogP contribution in [0.3, 0.4) is 0 Å². The number of halogens is 3. The van der Waals surface area contributed by atoms with Gasteiger partial charge in [-0.05, 0) is 30.3 Å². The minimum Gasteiger partial charge on any atom is -0.345 e. The maximum Gasteiger partial charge on any atom is 0.162 e. The highest BCUT2D eigenvalue weighted by molar-refractivity contribution is 6.31. The minimum absolute atomic E-state index is 0.0309. The number of aromatic amines is 1. The summed E-state index contributed by atoms with van der Waals surface area (Å²) in [4.78, 5) is 6.74. The second-order valence-electron chi connectivity index (χ2n) is 4.48. The van der Waals surface area contributed by atoms with Crippen molar-refractivity contribution in [2.75, 3.05) is 5.06 Å². The van der Waals surface area contributed by atoms with Crippen molar-refractivity contribution in [1.29, 1.82) is 5.41 Å². The smallest absolute Gasteiger partial charge is 0.162 e. The lowest BCUT2D eigenvalue weighted by Crippen LogP contribution is -2.28. The van der Waals surface area contributed by atoms with Crippen molar-refractivity contribution in [3.05, 3.63) is 58.9 Å². The first-order valence-corrected chi connectivity index (χ1v) is 6.51. The van der Waals surface area contributed by atoms with Gasteiger partial charge in [0.15, 0.2) is 5.84 Å². The van der Waals surface area contributed by atoms with Crippen LogP contribution in [0.2, 0.25) is 5.02 Å². The van der Waals surface area contributed by atoms with Crippen LogP contribution in [0.5, 0.6) is 0 Å². The lowest BCUT2D eigenvalue weighted by Gasteiger charge is -2.18. The van der Waals surface area contributed by atoms with Crippen LogP contribution in [0.15, 0.2) is 36.7 Å². The molecular weight excluding hydrogens is 314 g/mol. The standard InChI is InChI=1S/C14H9ClF2N4O/c15-8-5-7(1-2-9(8)16)21(22)14(18)12-10(17)3-4-11-13(12)20-6-19-11/h1-6,18,22H,(H,19,20). The zero-order chi connectivity index (χ0) is 15.9. The van der Waals surface area contributed by atoms with E-state index in [1.165, 1.54) is 18.5 Å². The van der Waals surface area contributed by atoms with Crippen molar-refractivity contribution in [3.63, 3.8) is 0 Å². The van der Waals surface area contributed by atoms with Crippen LogP contribution in [-0.2, 0) is 0 Å². The van der Waals surface area contributed by atoms with Crippen LogP contribution >= 0.6 is 11.6 Å². The van der Waals surface area contributed by atoms with E-state index in [9.17, 15) is 14.0 Å². The lowest BCUT2D eigenvalue weighted by molar-refractivity contribution is 0.311. The van der Waals surface area contributed by atoms with Crippen LogP contribution in [0, 0.1) is 17.0 Å². The Balaban J connectivity index is 2.06. The Hall–Kier alpha value is -2.51. The first kappa shape index (κ1) is 14.4. The summed E-state index contributed by atoms with van der Waals surface area (Å²) in [5, 5.41) is 18.3. The van der Waals surface area contributed by atoms with Gasteiger partial charge in [0.1, 0.15) is 17.2 Å². The maximum absolute atomic E-state index is 14.0. The molecule has 0 fully saturated rings. The third-order valence-corrected chi connectivity index (χ3v) is 3.43. The van der Waals surface area contributed by atoms with Gasteiger partial charge in [0, 0.05) is 0 Å². The second kappa shape index (κ2) is 5.36.